The fourth-order valence-electron chi connectivity index (χ4n) is 0.919. The number of hydrogen-bond acceptors (Lipinski definition) is 5. The number of methoxy groups -OCH3 is 1. The van der Waals surface area contributed by atoms with Crippen LogP contribution in [0.15, 0.2) is 18.2 Å². The van der Waals surface area contributed by atoms with Crippen LogP contribution in [0, 0.1) is 10.1 Å². The van der Waals surface area contributed by atoms with E-state index in [1.165, 1.54) is 25.3 Å². The summed E-state index contributed by atoms with van der Waals surface area (Å²) in [5.74, 6) is 0.291. The molecule has 0 aliphatic heterocycles. The van der Waals surface area contributed by atoms with E-state index >= 15 is 0 Å². The Morgan fingerprint density at radius 1 is 1.43 bits per heavy atom. The Bertz CT molecular complexity index is 363. The lowest BCUT2D eigenvalue weighted by molar-refractivity contribution is -0.384. The summed E-state index contributed by atoms with van der Waals surface area (Å²) < 4.78 is 9.33. The Balaban J connectivity index is 3.10. The number of benzene rings is 1. The van der Waals surface area contributed by atoms with Crippen molar-refractivity contribution in [3.8, 4) is 11.5 Å². The Morgan fingerprint density at radius 3 is 2.64 bits per heavy atom. The van der Waals surface area contributed by atoms with Crippen molar-refractivity contribution >= 4 is 12.2 Å². The van der Waals surface area contributed by atoms with Crippen LogP contribution in [0.1, 0.15) is 0 Å². The Morgan fingerprint density at radius 2 is 2.14 bits per heavy atom. The van der Waals surface area contributed by atoms with Crippen LogP contribution in [-0.4, -0.2) is 18.5 Å². The van der Waals surface area contributed by atoms with Gasteiger partial charge in [0.25, 0.3) is 12.2 Å². The zero-order valence-corrected chi connectivity index (χ0v) is 7.30. The van der Waals surface area contributed by atoms with Crippen LogP contribution in [0.4, 0.5) is 5.69 Å². The minimum Gasteiger partial charge on any atom is -0.493 e. The van der Waals surface area contributed by atoms with Gasteiger partial charge in [0.05, 0.1) is 18.1 Å². The van der Waals surface area contributed by atoms with Gasteiger partial charge in [-0.3, -0.25) is 14.9 Å². The maximum Gasteiger partial charge on any atom is 0.298 e. The Hall–Kier alpha value is -2.11. The lowest BCUT2D eigenvalue weighted by Gasteiger charge is -2.04. The number of non-ortho nitro benzene ring substituents is 1. The highest BCUT2D eigenvalue weighted by Crippen LogP contribution is 2.30. The summed E-state index contributed by atoms with van der Waals surface area (Å²) in [4.78, 5) is 19.9. The summed E-state index contributed by atoms with van der Waals surface area (Å²) in [5, 5.41) is 10.4. The molecular formula is C8H7NO5. The molecule has 0 N–H and O–H groups in total. The van der Waals surface area contributed by atoms with Crippen molar-refractivity contribution in [2.24, 2.45) is 0 Å². The molecule has 0 amide bonds. The largest absolute Gasteiger partial charge is 0.493 e. The smallest absolute Gasteiger partial charge is 0.298 e. The van der Waals surface area contributed by atoms with Gasteiger partial charge in [0.2, 0.25) is 0 Å². The first-order chi connectivity index (χ1) is 6.69. The number of rotatable bonds is 4. The molecule has 0 saturated carbocycles. The molecule has 0 atom stereocenters. The van der Waals surface area contributed by atoms with E-state index in [2.05, 4.69) is 4.74 Å². The van der Waals surface area contributed by atoms with E-state index in [0.717, 1.165) is 0 Å². The molecular weight excluding hydrogens is 190 g/mol. The predicted octanol–water partition coefficient (Wildman–Crippen LogP) is 1.14. The molecule has 0 spiro atoms. The minimum atomic E-state index is -0.562. The third kappa shape index (κ3) is 1.98. The van der Waals surface area contributed by atoms with Crippen molar-refractivity contribution in [1.29, 1.82) is 0 Å². The van der Waals surface area contributed by atoms with Gasteiger partial charge in [-0.25, -0.2) is 0 Å². The van der Waals surface area contributed by atoms with Crippen LogP contribution in [0.25, 0.3) is 0 Å². The second kappa shape index (κ2) is 4.22. The van der Waals surface area contributed by atoms with Gasteiger partial charge in [-0.1, -0.05) is 0 Å². The average Bonchev–Trinajstić information content (AvgIpc) is 2.18. The SMILES string of the molecule is COc1cc([N+](=O)[O-])ccc1OC=O. The third-order valence-corrected chi connectivity index (χ3v) is 1.53. The monoisotopic (exact) mass is 197 g/mol. The van der Waals surface area contributed by atoms with E-state index in [0.29, 0.717) is 0 Å². The molecule has 1 rings (SSSR count). The summed E-state index contributed by atoms with van der Waals surface area (Å²) in [6.07, 6.45) is 0. The molecule has 74 valence electrons. The van der Waals surface area contributed by atoms with Gasteiger partial charge in [-0.2, -0.15) is 0 Å². The number of carbonyl (C=O) groups is 1. The van der Waals surface area contributed by atoms with Gasteiger partial charge >= 0.3 is 0 Å². The van der Waals surface area contributed by atoms with Crippen molar-refractivity contribution < 1.29 is 19.2 Å². The second-order valence-corrected chi connectivity index (χ2v) is 2.31. The quantitative estimate of drug-likeness (QED) is 0.410. The van der Waals surface area contributed by atoms with Gasteiger partial charge in [-0.05, 0) is 6.07 Å². The first-order valence-corrected chi connectivity index (χ1v) is 3.61. The van der Waals surface area contributed by atoms with Crippen molar-refractivity contribution in [3.63, 3.8) is 0 Å². The maximum absolute atomic E-state index is 10.4. The molecule has 0 radical (unpaired) electrons. The number of nitrogens with zero attached hydrogens (tertiary/aromatic N) is 1. The van der Waals surface area contributed by atoms with E-state index in [4.69, 9.17) is 4.74 Å². The van der Waals surface area contributed by atoms with Crippen LogP contribution < -0.4 is 9.47 Å². The van der Waals surface area contributed by atoms with Crippen LogP contribution in [-0.2, 0) is 4.79 Å². The van der Waals surface area contributed by atoms with E-state index in [9.17, 15) is 14.9 Å². The third-order valence-electron chi connectivity index (χ3n) is 1.53. The van der Waals surface area contributed by atoms with Gasteiger partial charge in [0.1, 0.15) is 0 Å². The summed E-state index contributed by atoms with van der Waals surface area (Å²) in [5.41, 5.74) is -0.125. The van der Waals surface area contributed by atoms with Crippen molar-refractivity contribution in [2.45, 2.75) is 0 Å². The molecule has 0 aromatic heterocycles. The molecule has 0 fully saturated rings. The highest BCUT2D eigenvalue weighted by molar-refractivity contribution is 5.54. The standard InChI is InChI=1S/C8H7NO5/c1-13-8-4-6(9(11)12)2-3-7(8)14-5-10/h2-5H,1H3. The average molecular weight is 197 g/mol. The number of nitro groups is 1. The molecule has 0 saturated heterocycles. The summed E-state index contributed by atoms with van der Waals surface area (Å²) in [7, 11) is 1.33. The molecule has 0 aliphatic carbocycles. The first kappa shape index (κ1) is 9.97. The lowest BCUT2D eigenvalue weighted by atomic mass is 10.3. The minimum absolute atomic E-state index is 0.125. The number of nitro benzene ring substituents is 1. The van der Waals surface area contributed by atoms with Crippen LogP contribution >= 0.6 is 0 Å². The Labute approximate surface area is 79.2 Å². The molecule has 1 aromatic rings. The Kier molecular flexibility index (Phi) is 3.01. The number of hydrogen-bond donors (Lipinski definition) is 0. The number of ether oxygens (including phenoxy) is 2. The second-order valence-electron chi connectivity index (χ2n) is 2.31. The highest BCUT2D eigenvalue weighted by Gasteiger charge is 2.11. The molecule has 0 aliphatic rings. The first-order valence-electron chi connectivity index (χ1n) is 3.61. The molecule has 0 heterocycles. The summed E-state index contributed by atoms with van der Waals surface area (Å²) in [6, 6.07) is 3.70. The topological polar surface area (TPSA) is 78.7 Å². The maximum atomic E-state index is 10.4. The molecule has 1 aromatic carbocycles. The van der Waals surface area contributed by atoms with Crippen molar-refractivity contribution in [3.05, 3.63) is 28.3 Å². The predicted molar refractivity (Wildman–Crippen MR) is 46.3 cm³/mol. The molecule has 6 heteroatoms. The van der Waals surface area contributed by atoms with Crippen molar-refractivity contribution in [1.82, 2.24) is 0 Å². The van der Waals surface area contributed by atoms with Crippen LogP contribution in [0.2, 0.25) is 0 Å². The van der Waals surface area contributed by atoms with E-state index in [-0.39, 0.29) is 23.7 Å². The molecule has 0 bridgehead atoms. The molecule has 6 nitrogen and oxygen atoms in total. The lowest BCUT2D eigenvalue weighted by Crippen LogP contribution is -1.95. The molecule has 14 heavy (non-hydrogen) atoms. The highest BCUT2D eigenvalue weighted by atomic mass is 16.6. The fourth-order valence-corrected chi connectivity index (χ4v) is 0.919. The normalized spacial score (nSPS) is 9.21. The van der Waals surface area contributed by atoms with Gasteiger partial charge in [0, 0.05) is 6.07 Å². The van der Waals surface area contributed by atoms with Crippen LogP contribution in [0.5, 0.6) is 11.5 Å². The number of carbonyl (C=O) groups excluding carboxylic acids is 1. The zero-order chi connectivity index (χ0) is 10.6. The molecule has 0 unspecified atom stereocenters. The summed E-state index contributed by atoms with van der Waals surface area (Å²) >= 11 is 0. The zero-order valence-electron chi connectivity index (χ0n) is 7.30. The van der Waals surface area contributed by atoms with E-state index < -0.39 is 4.92 Å². The van der Waals surface area contributed by atoms with Crippen molar-refractivity contribution in [2.75, 3.05) is 7.11 Å². The van der Waals surface area contributed by atoms with Crippen LogP contribution in [0.3, 0.4) is 0 Å². The van der Waals surface area contributed by atoms with Gasteiger partial charge in [0.15, 0.2) is 11.5 Å². The van der Waals surface area contributed by atoms with Gasteiger partial charge in [-0.15, -0.1) is 0 Å². The van der Waals surface area contributed by atoms with Gasteiger partial charge < -0.3 is 9.47 Å². The fraction of sp³-hybridized carbons (Fsp3) is 0.125. The van der Waals surface area contributed by atoms with E-state index in [1.54, 1.807) is 0 Å². The van der Waals surface area contributed by atoms with E-state index in [1.807, 2.05) is 0 Å². The summed E-state index contributed by atoms with van der Waals surface area (Å²) in [6.45, 7) is 0.226.